The highest BCUT2D eigenvalue weighted by molar-refractivity contribution is 5.79. The molecule has 5 heteroatoms. The van der Waals surface area contributed by atoms with E-state index in [1.165, 1.54) is 0 Å². The molecule has 138 valence electrons. The number of benzene rings is 1. The number of ether oxygens (including phenoxy) is 4. The van der Waals surface area contributed by atoms with E-state index in [4.69, 9.17) is 18.9 Å². The molecule has 1 aromatic carbocycles. The minimum atomic E-state index is -0.713. The van der Waals surface area contributed by atoms with E-state index in [1.807, 2.05) is 44.2 Å². The van der Waals surface area contributed by atoms with Crippen LogP contribution in [0.2, 0.25) is 0 Å². The second kappa shape index (κ2) is 9.13. The Bertz CT molecular complexity index is 554. The van der Waals surface area contributed by atoms with Crippen LogP contribution < -0.4 is 0 Å². The standard InChI is InChI=1S/C20H28O5/c1-5-12-24-18-17(25-19(21)20(18,2)3)16(22-4)11-13-23-14-15-9-7-6-8-10-15/h5-10,16-18H,1,11-14H2,2-4H3/t16-,17+,18-/m0/s1. The first-order valence-corrected chi connectivity index (χ1v) is 8.58. The largest absolute Gasteiger partial charge is 0.456 e. The summed E-state index contributed by atoms with van der Waals surface area (Å²) in [6, 6.07) is 9.99. The molecule has 0 aliphatic carbocycles. The molecule has 0 bridgehead atoms. The van der Waals surface area contributed by atoms with Crippen molar-refractivity contribution in [3.8, 4) is 0 Å². The Hall–Kier alpha value is -1.69. The van der Waals surface area contributed by atoms with Gasteiger partial charge in [0.25, 0.3) is 0 Å². The van der Waals surface area contributed by atoms with E-state index < -0.39 is 11.5 Å². The van der Waals surface area contributed by atoms with Crippen molar-refractivity contribution in [2.24, 2.45) is 5.41 Å². The summed E-state index contributed by atoms with van der Waals surface area (Å²) < 4.78 is 22.7. The zero-order chi connectivity index (χ0) is 18.3. The zero-order valence-electron chi connectivity index (χ0n) is 15.3. The predicted octanol–water partition coefficient (Wildman–Crippen LogP) is 3.13. The van der Waals surface area contributed by atoms with Gasteiger partial charge < -0.3 is 18.9 Å². The number of esters is 1. The first kappa shape index (κ1) is 19.6. The lowest BCUT2D eigenvalue weighted by Crippen LogP contribution is -2.43. The molecule has 1 saturated heterocycles. The molecule has 5 nitrogen and oxygen atoms in total. The van der Waals surface area contributed by atoms with Gasteiger partial charge in [-0.1, -0.05) is 36.4 Å². The molecule has 3 atom stereocenters. The third-order valence-electron chi connectivity index (χ3n) is 4.50. The van der Waals surface area contributed by atoms with Gasteiger partial charge in [-0.05, 0) is 19.4 Å². The van der Waals surface area contributed by atoms with E-state index in [-0.39, 0.29) is 18.2 Å². The Kier molecular flexibility index (Phi) is 7.17. The van der Waals surface area contributed by atoms with Crippen LogP contribution in [0.5, 0.6) is 0 Å². The maximum atomic E-state index is 12.2. The number of methoxy groups -OCH3 is 1. The third kappa shape index (κ3) is 4.91. The number of carbonyl (C=O) groups is 1. The molecule has 1 aliphatic heterocycles. The molecule has 1 fully saturated rings. The highest BCUT2D eigenvalue weighted by atomic mass is 16.6. The molecule has 0 unspecified atom stereocenters. The van der Waals surface area contributed by atoms with Gasteiger partial charge in [-0.15, -0.1) is 6.58 Å². The van der Waals surface area contributed by atoms with Gasteiger partial charge in [0.1, 0.15) is 6.10 Å². The average Bonchev–Trinajstić information content (AvgIpc) is 2.83. The van der Waals surface area contributed by atoms with Crippen LogP contribution in [0.15, 0.2) is 43.0 Å². The number of cyclic esters (lactones) is 1. The quantitative estimate of drug-likeness (QED) is 0.369. The molecule has 1 heterocycles. The van der Waals surface area contributed by atoms with Crippen LogP contribution in [-0.2, 0) is 30.3 Å². The fourth-order valence-electron chi connectivity index (χ4n) is 2.99. The fourth-order valence-corrected chi connectivity index (χ4v) is 2.99. The van der Waals surface area contributed by atoms with E-state index in [1.54, 1.807) is 13.2 Å². The third-order valence-corrected chi connectivity index (χ3v) is 4.50. The van der Waals surface area contributed by atoms with E-state index in [0.717, 1.165) is 5.56 Å². The van der Waals surface area contributed by atoms with Crippen LogP contribution in [0.3, 0.4) is 0 Å². The Balaban J connectivity index is 1.91. The summed E-state index contributed by atoms with van der Waals surface area (Å²) in [5.74, 6) is -0.265. The molecular formula is C20H28O5. The second-order valence-corrected chi connectivity index (χ2v) is 6.74. The molecule has 0 saturated carbocycles. The molecule has 25 heavy (non-hydrogen) atoms. The molecule has 2 rings (SSSR count). The Morgan fingerprint density at radius 3 is 2.68 bits per heavy atom. The summed E-state index contributed by atoms with van der Waals surface area (Å²) in [6.07, 6.45) is 1.17. The smallest absolute Gasteiger partial charge is 0.314 e. The minimum Gasteiger partial charge on any atom is -0.456 e. The van der Waals surface area contributed by atoms with Gasteiger partial charge in [-0.25, -0.2) is 0 Å². The zero-order valence-corrected chi connectivity index (χ0v) is 15.3. The summed E-state index contributed by atoms with van der Waals surface area (Å²) in [6.45, 7) is 8.75. The summed E-state index contributed by atoms with van der Waals surface area (Å²) in [5, 5.41) is 0. The van der Waals surface area contributed by atoms with Crippen molar-refractivity contribution >= 4 is 5.97 Å². The number of hydrogen-bond donors (Lipinski definition) is 0. The van der Waals surface area contributed by atoms with Gasteiger partial charge in [0.15, 0.2) is 6.10 Å². The van der Waals surface area contributed by atoms with Crippen LogP contribution in [0.4, 0.5) is 0 Å². The summed E-state index contributed by atoms with van der Waals surface area (Å²) in [4.78, 5) is 12.2. The van der Waals surface area contributed by atoms with Crippen molar-refractivity contribution < 1.29 is 23.7 Å². The highest BCUT2D eigenvalue weighted by Gasteiger charge is 2.54. The first-order valence-electron chi connectivity index (χ1n) is 8.58. The minimum absolute atomic E-state index is 0.265. The van der Waals surface area contributed by atoms with Crippen LogP contribution >= 0.6 is 0 Å². The van der Waals surface area contributed by atoms with Crippen LogP contribution in [0.1, 0.15) is 25.8 Å². The van der Waals surface area contributed by atoms with Gasteiger partial charge in [-0.2, -0.15) is 0 Å². The summed E-state index contributed by atoms with van der Waals surface area (Å²) >= 11 is 0. The topological polar surface area (TPSA) is 54.0 Å². The Morgan fingerprint density at radius 1 is 1.32 bits per heavy atom. The van der Waals surface area contributed by atoms with E-state index in [0.29, 0.717) is 26.2 Å². The second-order valence-electron chi connectivity index (χ2n) is 6.74. The normalized spacial score (nSPS) is 23.2. The van der Waals surface area contributed by atoms with Gasteiger partial charge in [0.05, 0.1) is 24.7 Å². The van der Waals surface area contributed by atoms with Crippen molar-refractivity contribution in [2.75, 3.05) is 20.3 Å². The SMILES string of the molecule is C=CCO[C@H]1[C@@H]([C@H](CCOCc2ccccc2)OC)OC(=O)C1(C)C. The maximum Gasteiger partial charge on any atom is 0.314 e. The van der Waals surface area contributed by atoms with Crippen molar-refractivity contribution in [2.45, 2.75) is 45.2 Å². The number of carbonyl (C=O) groups excluding carboxylic acids is 1. The highest BCUT2D eigenvalue weighted by Crippen LogP contribution is 2.38. The molecule has 0 amide bonds. The number of rotatable bonds is 10. The van der Waals surface area contributed by atoms with E-state index in [9.17, 15) is 4.79 Å². The van der Waals surface area contributed by atoms with Gasteiger partial charge >= 0.3 is 5.97 Å². The molecule has 1 aliphatic rings. The molecule has 1 aromatic rings. The lowest BCUT2D eigenvalue weighted by atomic mass is 9.84. The van der Waals surface area contributed by atoms with Gasteiger partial charge in [-0.3, -0.25) is 4.79 Å². The average molecular weight is 348 g/mol. The Labute approximate surface area is 149 Å². The van der Waals surface area contributed by atoms with Crippen LogP contribution in [0, 0.1) is 5.41 Å². The summed E-state index contributed by atoms with van der Waals surface area (Å²) in [7, 11) is 1.62. The monoisotopic (exact) mass is 348 g/mol. The molecule has 0 N–H and O–H groups in total. The molecule has 0 aromatic heterocycles. The van der Waals surface area contributed by atoms with Crippen molar-refractivity contribution in [1.29, 1.82) is 0 Å². The summed E-state index contributed by atoms with van der Waals surface area (Å²) in [5.41, 5.74) is 0.409. The molecule has 0 spiro atoms. The van der Waals surface area contributed by atoms with Crippen LogP contribution in [-0.4, -0.2) is 44.6 Å². The van der Waals surface area contributed by atoms with Crippen molar-refractivity contribution in [1.82, 2.24) is 0 Å². The van der Waals surface area contributed by atoms with Crippen molar-refractivity contribution in [3.05, 3.63) is 48.6 Å². The predicted molar refractivity (Wildman–Crippen MR) is 95.1 cm³/mol. The van der Waals surface area contributed by atoms with Gasteiger partial charge in [0.2, 0.25) is 0 Å². The number of hydrogen-bond acceptors (Lipinski definition) is 5. The van der Waals surface area contributed by atoms with Crippen molar-refractivity contribution in [3.63, 3.8) is 0 Å². The maximum absolute atomic E-state index is 12.2. The first-order chi connectivity index (χ1) is 12.0. The van der Waals surface area contributed by atoms with E-state index in [2.05, 4.69) is 6.58 Å². The fraction of sp³-hybridized carbons (Fsp3) is 0.550. The lowest BCUT2D eigenvalue weighted by Gasteiger charge is -2.29. The lowest BCUT2D eigenvalue weighted by molar-refractivity contribution is -0.152. The molecule has 0 radical (unpaired) electrons. The Morgan fingerprint density at radius 2 is 2.04 bits per heavy atom. The van der Waals surface area contributed by atoms with Gasteiger partial charge in [0, 0.05) is 20.1 Å². The van der Waals surface area contributed by atoms with E-state index >= 15 is 0 Å². The van der Waals surface area contributed by atoms with Crippen LogP contribution in [0.25, 0.3) is 0 Å². The molecular weight excluding hydrogens is 320 g/mol.